The maximum absolute atomic E-state index is 12.9. The minimum Gasteiger partial charge on any atom is -0.376 e. The van der Waals surface area contributed by atoms with E-state index in [0.717, 1.165) is 60.6 Å². The number of piperidine rings is 2. The van der Waals surface area contributed by atoms with E-state index in [0.29, 0.717) is 11.5 Å². The van der Waals surface area contributed by atoms with Gasteiger partial charge in [0.05, 0.1) is 23.4 Å². The Labute approximate surface area is 167 Å². The maximum Gasteiger partial charge on any atom is 0.265 e. The Hall–Kier alpha value is -0.980. The van der Waals surface area contributed by atoms with Gasteiger partial charge in [-0.25, -0.2) is 4.98 Å². The molecule has 3 aliphatic heterocycles. The summed E-state index contributed by atoms with van der Waals surface area (Å²) < 4.78 is 6.23. The van der Waals surface area contributed by atoms with Crippen LogP contribution >= 0.6 is 11.3 Å². The quantitative estimate of drug-likeness (QED) is 0.791. The van der Waals surface area contributed by atoms with Crippen molar-refractivity contribution >= 4 is 17.2 Å². The number of hydrogen-bond acceptors (Lipinski definition) is 5. The first-order chi connectivity index (χ1) is 12.9. The van der Waals surface area contributed by atoms with Gasteiger partial charge in [0.25, 0.3) is 5.91 Å². The SMILES string of the molecule is Cc1nc(C)c(C(=O)N2CCC3(CC2)CO[C@@H](CN2CCC[C@@H](C)C2)C3)s1. The molecule has 1 spiro atoms. The highest BCUT2D eigenvalue weighted by atomic mass is 32.1. The summed E-state index contributed by atoms with van der Waals surface area (Å²) in [6.45, 7) is 12.4. The molecule has 3 aliphatic rings. The highest BCUT2D eigenvalue weighted by Gasteiger charge is 2.43. The molecular formula is C21H33N3O2S. The van der Waals surface area contributed by atoms with Crippen molar-refractivity contribution in [3.05, 3.63) is 15.6 Å². The van der Waals surface area contributed by atoms with E-state index >= 15 is 0 Å². The van der Waals surface area contributed by atoms with Crippen molar-refractivity contribution in [3.8, 4) is 0 Å². The van der Waals surface area contributed by atoms with Crippen molar-refractivity contribution in [2.45, 2.75) is 59.0 Å². The van der Waals surface area contributed by atoms with Crippen LogP contribution in [0.25, 0.3) is 0 Å². The lowest BCUT2D eigenvalue weighted by Crippen LogP contribution is -2.44. The number of carbonyl (C=O) groups is 1. The molecule has 0 N–H and O–H groups in total. The van der Waals surface area contributed by atoms with Crippen LogP contribution in [0.5, 0.6) is 0 Å². The summed E-state index contributed by atoms with van der Waals surface area (Å²) >= 11 is 1.53. The van der Waals surface area contributed by atoms with Crippen LogP contribution in [0, 0.1) is 25.2 Å². The molecule has 1 aromatic heterocycles. The molecule has 3 saturated heterocycles. The van der Waals surface area contributed by atoms with Gasteiger partial charge in [0.15, 0.2) is 0 Å². The molecule has 0 unspecified atom stereocenters. The molecule has 2 atom stereocenters. The van der Waals surface area contributed by atoms with Crippen molar-refractivity contribution in [3.63, 3.8) is 0 Å². The smallest absolute Gasteiger partial charge is 0.265 e. The Balaban J connectivity index is 1.30. The van der Waals surface area contributed by atoms with Gasteiger partial charge in [-0.1, -0.05) is 6.92 Å². The number of thiazole rings is 1. The van der Waals surface area contributed by atoms with Crippen molar-refractivity contribution in [1.82, 2.24) is 14.8 Å². The molecule has 0 aliphatic carbocycles. The molecule has 1 aromatic rings. The standard InChI is InChI=1S/C21H33N3O2S/c1-15-5-4-8-23(12-15)13-18-11-21(14-26-18)6-9-24(10-7-21)20(25)19-16(2)22-17(3)27-19/h15,18H,4-14H2,1-3H3/t15-,18-/m1/s1. The van der Waals surface area contributed by atoms with Gasteiger partial charge in [-0.2, -0.15) is 0 Å². The number of ether oxygens (including phenoxy) is 1. The third-order valence-corrected chi connectivity index (χ3v) is 7.76. The fourth-order valence-corrected chi connectivity index (χ4v) is 6.05. The third kappa shape index (κ3) is 4.22. The number of likely N-dealkylation sites (tertiary alicyclic amines) is 2. The molecule has 6 heteroatoms. The zero-order valence-corrected chi connectivity index (χ0v) is 17.8. The third-order valence-electron chi connectivity index (χ3n) is 6.70. The molecule has 3 fully saturated rings. The monoisotopic (exact) mass is 391 g/mol. The lowest BCUT2D eigenvalue weighted by molar-refractivity contribution is 0.0403. The second-order valence-corrected chi connectivity index (χ2v) is 10.3. The summed E-state index contributed by atoms with van der Waals surface area (Å²) in [7, 11) is 0. The van der Waals surface area contributed by atoms with Gasteiger partial charge < -0.3 is 14.5 Å². The first-order valence-electron chi connectivity index (χ1n) is 10.5. The molecule has 0 saturated carbocycles. The van der Waals surface area contributed by atoms with E-state index in [9.17, 15) is 4.79 Å². The Morgan fingerprint density at radius 3 is 2.74 bits per heavy atom. The van der Waals surface area contributed by atoms with E-state index in [1.807, 2.05) is 18.7 Å². The topological polar surface area (TPSA) is 45.7 Å². The number of amides is 1. The normalized spacial score (nSPS) is 28.8. The summed E-state index contributed by atoms with van der Waals surface area (Å²) in [5.41, 5.74) is 1.17. The zero-order valence-electron chi connectivity index (χ0n) is 17.0. The van der Waals surface area contributed by atoms with E-state index in [1.165, 1.54) is 43.7 Å². The number of aromatic nitrogens is 1. The number of aryl methyl sites for hydroxylation is 2. The van der Waals surface area contributed by atoms with E-state index in [1.54, 1.807) is 0 Å². The maximum atomic E-state index is 12.9. The lowest BCUT2D eigenvalue weighted by Gasteiger charge is -2.38. The van der Waals surface area contributed by atoms with Crippen LogP contribution in [0.4, 0.5) is 0 Å². The average Bonchev–Trinajstić information content (AvgIpc) is 3.18. The summed E-state index contributed by atoms with van der Waals surface area (Å²) in [5.74, 6) is 0.993. The van der Waals surface area contributed by atoms with Crippen LogP contribution in [-0.4, -0.2) is 66.1 Å². The fraction of sp³-hybridized carbons (Fsp3) is 0.810. The number of hydrogen-bond donors (Lipinski definition) is 0. The van der Waals surface area contributed by atoms with Crippen LogP contribution in [0.15, 0.2) is 0 Å². The van der Waals surface area contributed by atoms with Crippen LogP contribution in [-0.2, 0) is 4.74 Å². The summed E-state index contributed by atoms with van der Waals surface area (Å²) in [6, 6.07) is 0. The van der Waals surface area contributed by atoms with Gasteiger partial charge in [-0.05, 0) is 63.8 Å². The number of carbonyl (C=O) groups excluding carboxylic acids is 1. The van der Waals surface area contributed by atoms with Crippen LogP contribution in [0.1, 0.15) is 59.4 Å². The second-order valence-electron chi connectivity index (χ2n) is 9.08. The van der Waals surface area contributed by atoms with Gasteiger partial charge >= 0.3 is 0 Å². The van der Waals surface area contributed by atoms with Gasteiger partial charge in [-0.3, -0.25) is 4.79 Å². The van der Waals surface area contributed by atoms with Crippen LogP contribution < -0.4 is 0 Å². The first kappa shape index (κ1) is 19.3. The lowest BCUT2D eigenvalue weighted by atomic mass is 9.76. The predicted molar refractivity (Wildman–Crippen MR) is 108 cm³/mol. The predicted octanol–water partition coefficient (Wildman–Crippen LogP) is 3.50. The van der Waals surface area contributed by atoms with E-state index in [-0.39, 0.29) is 5.91 Å². The van der Waals surface area contributed by atoms with E-state index < -0.39 is 0 Å². The molecule has 4 heterocycles. The second kappa shape index (κ2) is 7.80. The number of rotatable bonds is 3. The Kier molecular flexibility index (Phi) is 5.59. The fourth-order valence-electron chi connectivity index (χ4n) is 5.16. The summed E-state index contributed by atoms with van der Waals surface area (Å²) in [6.07, 6.45) is 6.38. The zero-order chi connectivity index (χ0) is 19.0. The minimum absolute atomic E-state index is 0.172. The first-order valence-corrected chi connectivity index (χ1v) is 11.3. The van der Waals surface area contributed by atoms with Gasteiger partial charge in [0, 0.05) is 26.2 Å². The molecule has 1 amide bonds. The van der Waals surface area contributed by atoms with Gasteiger partial charge in [0.1, 0.15) is 4.88 Å². The van der Waals surface area contributed by atoms with Gasteiger partial charge in [0.2, 0.25) is 0 Å². The molecule has 0 radical (unpaired) electrons. The number of nitrogens with zero attached hydrogens (tertiary/aromatic N) is 3. The summed E-state index contributed by atoms with van der Waals surface area (Å²) in [5, 5.41) is 0.975. The molecule has 5 nitrogen and oxygen atoms in total. The van der Waals surface area contributed by atoms with Crippen molar-refractivity contribution < 1.29 is 9.53 Å². The highest BCUT2D eigenvalue weighted by molar-refractivity contribution is 7.13. The highest BCUT2D eigenvalue weighted by Crippen LogP contribution is 2.42. The van der Waals surface area contributed by atoms with E-state index in [2.05, 4.69) is 16.8 Å². The van der Waals surface area contributed by atoms with Crippen molar-refractivity contribution in [1.29, 1.82) is 0 Å². The Morgan fingerprint density at radius 1 is 1.30 bits per heavy atom. The van der Waals surface area contributed by atoms with Gasteiger partial charge in [-0.15, -0.1) is 11.3 Å². The minimum atomic E-state index is 0.172. The molecule has 150 valence electrons. The van der Waals surface area contributed by atoms with Crippen LogP contribution in [0.2, 0.25) is 0 Å². The Bertz CT molecular complexity index is 681. The Morgan fingerprint density at radius 2 is 2.07 bits per heavy atom. The average molecular weight is 392 g/mol. The largest absolute Gasteiger partial charge is 0.376 e. The van der Waals surface area contributed by atoms with E-state index in [4.69, 9.17) is 4.74 Å². The molecule has 4 rings (SSSR count). The molecule has 0 bridgehead atoms. The van der Waals surface area contributed by atoms with Crippen molar-refractivity contribution in [2.24, 2.45) is 11.3 Å². The molecular weight excluding hydrogens is 358 g/mol. The van der Waals surface area contributed by atoms with Crippen molar-refractivity contribution in [2.75, 3.05) is 39.3 Å². The molecule has 27 heavy (non-hydrogen) atoms. The molecule has 0 aromatic carbocycles. The summed E-state index contributed by atoms with van der Waals surface area (Å²) in [4.78, 5) is 22.7. The van der Waals surface area contributed by atoms with Crippen LogP contribution in [0.3, 0.4) is 0 Å².